The Balaban J connectivity index is 2.12. The number of para-hydroxylation sites is 2. The highest BCUT2D eigenvalue weighted by Crippen LogP contribution is 2.34. The Hall–Kier alpha value is -2.74. The van der Waals surface area contributed by atoms with Crippen molar-refractivity contribution in [1.82, 2.24) is 14.8 Å². The minimum absolute atomic E-state index is 0.334. The Morgan fingerprint density at radius 2 is 2.00 bits per heavy atom. The number of nitrogens with zero attached hydrogens (tertiary/aromatic N) is 3. The van der Waals surface area contributed by atoms with Gasteiger partial charge in [-0.1, -0.05) is 23.9 Å². The Labute approximate surface area is 149 Å². The smallest absolute Gasteiger partial charge is 0.318 e. The summed E-state index contributed by atoms with van der Waals surface area (Å²) in [4.78, 5) is 11.8. The van der Waals surface area contributed by atoms with Crippen LogP contribution in [0.15, 0.2) is 52.2 Å². The van der Waals surface area contributed by atoms with Crippen molar-refractivity contribution in [3.8, 4) is 23.0 Å². The van der Waals surface area contributed by atoms with Crippen LogP contribution >= 0.6 is 11.8 Å². The molecule has 3 rings (SSSR count). The van der Waals surface area contributed by atoms with Gasteiger partial charge in [0.25, 0.3) is 0 Å². The van der Waals surface area contributed by atoms with Gasteiger partial charge in [0.05, 0.1) is 26.2 Å². The fourth-order valence-corrected chi connectivity index (χ4v) is 3.20. The summed E-state index contributed by atoms with van der Waals surface area (Å²) in [5, 5.41) is 8.57. The fraction of sp³-hybridized carbons (Fsp3) is 0.235. The van der Waals surface area contributed by atoms with E-state index < -0.39 is 5.25 Å². The van der Waals surface area contributed by atoms with Gasteiger partial charge in [-0.15, -0.1) is 10.2 Å². The van der Waals surface area contributed by atoms with Crippen LogP contribution in [0.1, 0.15) is 6.92 Å². The van der Waals surface area contributed by atoms with E-state index in [1.165, 1.54) is 18.9 Å². The largest absolute Gasteiger partial charge is 0.495 e. The van der Waals surface area contributed by atoms with Crippen LogP contribution in [0.2, 0.25) is 0 Å². The monoisotopic (exact) mass is 359 g/mol. The van der Waals surface area contributed by atoms with E-state index in [1.807, 2.05) is 28.8 Å². The van der Waals surface area contributed by atoms with E-state index in [2.05, 4.69) is 10.2 Å². The fourth-order valence-electron chi connectivity index (χ4n) is 2.32. The van der Waals surface area contributed by atoms with Gasteiger partial charge in [-0.3, -0.25) is 9.36 Å². The number of carbonyl (C=O) groups excluding carboxylic acids is 1. The highest BCUT2D eigenvalue weighted by Gasteiger charge is 2.24. The topological polar surface area (TPSA) is 79.4 Å². The Bertz CT molecular complexity index is 861. The second-order valence-corrected chi connectivity index (χ2v) is 6.38. The molecular weight excluding hydrogens is 342 g/mol. The molecule has 0 bridgehead atoms. The Kier molecular flexibility index (Phi) is 5.08. The number of esters is 1. The van der Waals surface area contributed by atoms with Crippen molar-refractivity contribution in [2.24, 2.45) is 0 Å². The van der Waals surface area contributed by atoms with Crippen molar-refractivity contribution in [3.63, 3.8) is 0 Å². The van der Waals surface area contributed by atoms with Crippen molar-refractivity contribution in [2.45, 2.75) is 17.3 Å². The van der Waals surface area contributed by atoms with Crippen molar-refractivity contribution in [2.75, 3.05) is 14.2 Å². The number of hydrogen-bond acceptors (Lipinski definition) is 7. The van der Waals surface area contributed by atoms with E-state index in [0.717, 1.165) is 5.69 Å². The van der Waals surface area contributed by atoms with Crippen LogP contribution in [-0.4, -0.2) is 40.2 Å². The quantitative estimate of drug-likeness (QED) is 0.494. The molecule has 1 unspecified atom stereocenters. The molecule has 1 atom stereocenters. The van der Waals surface area contributed by atoms with Gasteiger partial charge in [-0.2, -0.15) is 0 Å². The number of benzene rings is 1. The summed E-state index contributed by atoms with van der Waals surface area (Å²) < 4.78 is 17.5. The zero-order valence-corrected chi connectivity index (χ0v) is 14.8. The van der Waals surface area contributed by atoms with Crippen LogP contribution in [0.25, 0.3) is 17.3 Å². The van der Waals surface area contributed by atoms with E-state index in [0.29, 0.717) is 22.5 Å². The van der Waals surface area contributed by atoms with Gasteiger partial charge in [-0.05, 0) is 31.2 Å². The number of furan rings is 1. The standard InChI is InChI=1S/C17H17N3O4S/c1-11(16(21)23-3)25-17-19-18-15(14-9-6-10-24-14)20(17)12-7-4-5-8-13(12)22-2/h4-11H,1-3H3. The molecular formula is C17H17N3O4S. The van der Waals surface area contributed by atoms with Crippen molar-refractivity contribution < 1.29 is 18.7 Å². The molecule has 7 nitrogen and oxygen atoms in total. The predicted molar refractivity (Wildman–Crippen MR) is 92.9 cm³/mol. The average molecular weight is 359 g/mol. The molecule has 0 aliphatic rings. The van der Waals surface area contributed by atoms with Crippen molar-refractivity contribution in [3.05, 3.63) is 42.7 Å². The molecule has 0 amide bonds. The third-order valence-corrected chi connectivity index (χ3v) is 4.54. The highest BCUT2D eigenvalue weighted by atomic mass is 32.2. The van der Waals surface area contributed by atoms with Crippen LogP contribution in [-0.2, 0) is 9.53 Å². The highest BCUT2D eigenvalue weighted by molar-refractivity contribution is 8.00. The molecule has 0 N–H and O–H groups in total. The summed E-state index contributed by atoms with van der Waals surface area (Å²) in [6, 6.07) is 11.1. The predicted octanol–water partition coefficient (Wildman–Crippen LogP) is 3.19. The van der Waals surface area contributed by atoms with Gasteiger partial charge in [0.2, 0.25) is 5.82 Å². The van der Waals surface area contributed by atoms with Crippen LogP contribution < -0.4 is 4.74 Å². The Morgan fingerprint density at radius 3 is 2.68 bits per heavy atom. The number of rotatable bonds is 6. The third kappa shape index (κ3) is 3.39. The van der Waals surface area contributed by atoms with Gasteiger partial charge in [0.15, 0.2) is 10.9 Å². The lowest BCUT2D eigenvalue weighted by atomic mass is 10.3. The molecule has 2 aromatic heterocycles. The number of carbonyl (C=O) groups is 1. The lowest BCUT2D eigenvalue weighted by molar-refractivity contribution is -0.139. The summed E-state index contributed by atoms with van der Waals surface area (Å²) in [5.74, 6) is 1.41. The molecule has 8 heteroatoms. The lowest BCUT2D eigenvalue weighted by Crippen LogP contribution is -2.15. The SMILES string of the molecule is COC(=O)C(C)Sc1nnc(-c2ccco2)n1-c1ccccc1OC. The number of methoxy groups -OCH3 is 2. The van der Waals surface area contributed by atoms with E-state index in [9.17, 15) is 4.79 Å². The molecule has 25 heavy (non-hydrogen) atoms. The number of hydrogen-bond donors (Lipinski definition) is 0. The molecule has 130 valence electrons. The molecule has 0 spiro atoms. The van der Waals surface area contributed by atoms with E-state index in [4.69, 9.17) is 13.9 Å². The molecule has 0 radical (unpaired) electrons. The molecule has 0 aliphatic carbocycles. The minimum atomic E-state index is -0.438. The van der Waals surface area contributed by atoms with Crippen LogP contribution in [0, 0.1) is 0 Å². The molecule has 0 fully saturated rings. The van der Waals surface area contributed by atoms with Gasteiger partial charge in [0.1, 0.15) is 11.0 Å². The summed E-state index contributed by atoms with van der Waals surface area (Å²) >= 11 is 1.25. The number of aromatic nitrogens is 3. The lowest BCUT2D eigenvalue weighted by Gasteiger charge is -2.14. The van der Waals surface area contributed by atoms with E-state index >= 15 is 0 Å². The Morgan fingerprint density at radius 1 is 1.20 bits per heavy atom. The summed E-state index contributed by atoms with van der Waals surface area (Å²) in [6.45, 7) is 1.75. The normalized spacial score (nSPS) is 12.0. The van der Waals surface area contributed by atoms with Gasteiger partial charge in [-0.25, -0.2) is 0 Å². The minimum Gasteiger partial charge on any atom is -0.495 e. The second kappa shape index (κ2) is 7.43. The molecule has 2 heterocycles. The maximum Gasteiger partial charge on any atom is 0.318 e. The molecule has 0 saturated heterocycles. The second-order valence-electron chi connectivity index (χ2n) is 5.07. The maximum absolute atomic E-state index is 11.8. The van der Waals surface area contributed by atoms with Crippen LogP contribution in [0.3, 0.4) is 0 Å². The number of thioether (sulfide) groups is 1. The van der Waals surface area contributed by atoms with E-state index in [-0.39, 0.29) is 5.97 Å². The first-order chi connectivity index (χ1) is 12.2. The first-order valence-electron chi connectivity index (χ1n) is 7.53. The molecule has 0 aliphatic heterocycles. The van der Waals surface area contributed by atoms with Gasteiger partial charge in [0, 0.05) is 0 Å². The van der Waals surface area contributed by atoms with Crippen molar-refractivity contribution >= 4 is 17.7 Å². The molecule has 0 saturated carbocycles. The zero-order chi connectivity index (χ0) is 17.8. The van der Waals surface area contributed by atoms with Crippen molar-refractivity contribution in [1.29, 1.82) is 0 Å². The summed E-state index contributed by atoms with van der Waals surface area (Å²) in [5.41, 5.74) is 0.751. The maximum atomic E-state index is 11.8. The summed E-state index contributed by atoms with van der Waals surface area (Å²) in [6.07, 6.45) is 1.57. The van der Waals surface area contributed by atoms with E-state index in [1.54, 1.807) is 32.4 Å². The third-order valence-electron chi connectivity index (χ3n) is 3.52. The first kappa shape index (κ1) is 17.1. The summed E-state index contributed by atoms with van der Waals surface area (Å²) in [7, 11) is 2.96. The first-order valence-corrected chi connectivity index (χ1v) is 8.40. The average Bonchev–Trinajstić information content (AvgIpc) is 3.30. The zero-order valence-electron chi connectivity index (χ0n) is 14.0. The molecule has 3 aromatic rings. The van der Waals surface area contributed by atoms with Crippen LogP contribution in [0.5, 0.6) is 5.75 Å². The van der Waals surface area contributed by atoms with Crippen LogP contribution in [0.4, 0.5) is 0 Å². The molecule has 1 aromatic carbocycles. The van der Waals surface area contributed by atoms with Gasteiger partial charge >= 0.3 is 5.97 Å². The number of ether oxygens (including phenoxy) is 2. The van der Waals surface area contributed by atoms with Gasteiger partial charge < -0.3 is 13.9 Å².